The SMILES string of the molecule is CC1CN(c2nc3ccccc3cc2C(N)=O)C(C)CN1. The molecule has 2 unspecified atom stereocenters. The van der Waals surface area contributed by atoms with Gasteiger partial charge < -0.3 is 16.0 Å². The molecule has 1 amide bonds. The lowest BCUT2D eigenvalue weighted by molar-refractivity contribution is 0.100. The number of aromatic nitrogens is 1. The molecular formula is C16H20N4O. The predicted molar refractivity (Wildman–Crippen MR) is 84.5 cm³/mol. The number of piperazine rings is 1. The highest BCUT2D eigenvalue weighted by molar-refractivity contribution is 6.01. The molecule has 0 saturated carbocycles. The second-order valence-corrected chi connectivity index (χ2v) is 5.73. The van der Waals surface area contributed by atoms with E-state index in [4.69, 9.17) is 10.7 Å². The second kappa shape index (κ2) is 5.33. The molecule has 3 N–H and O–H groups in total. The Morgan fingerprint density at radius 3 is 2.90 bits per heavy atom. The van der Waals surface area contributed by atoms with Gasteiger partial charge >= 0.3 is 0 Å². The summed E-state index contributed by atoms with van der Waals surface area (Å²) in [5.41, 5.74) is 6.95. The molecule has 1 aromatic heterocycles. The zero-order valence-corrected chi connectivity index (χ0v) is 12.3. The number of carbonyl (C=O) groups excluding carboxylic acids is 1. The van der Waals surface area contributed by atoms with Gasteiger partial charge in [0, 0.05) is 30.6 Å². The van der Waals surface area contributed by atoms with E-state index < -0.39 is 5.91 Å². The molecule has 0 aliphatic carbocycles. The Kier molecular flexibility index (Phi) is 3.51. The van der Waals surface area contributed by atoms with Gasteiger partial charge in [0.1, 0.15) is 5.82 Å². The first-order valence-corrected chi connectivity index (χ1v) is 7.26. The van der Waals surface area contributed by atoms with Crippen LogP contribution in [0, 0.1) is 0 Å². The molecule has 3 rings (SSSR count). The molecule has 2 atom stereocenters. The number of amides is 1. The fraction of sp³-hybridized carbons (Fsp3) is 0.375. The molecule has 0 spiro atoms. The first kappa shape index (κ1) is 13.8. The summed E-state index contributed by atoms with van der Waals surface area (Å²) in [5.74, 6) is 0.267. The van der Waals surface area contributed by atoms with Crippen LogP contribution in [0.25, 0.3) is 10.9 Å². The fourth-order valence-electron chi connectivity index (χ4n) is 2.82. The summed E-state index contributed by atoms with van der Waals surface area (Å²) in [5, 5.41) is 4.37. The van der Waals surface area contributed by atoms with Crippen LogP contribution in [0.1, 0.15) is 24.2 Å². The molecule has 2 heterocycles. The standard InChI is InChI=1S/C16H20N4O/c1-10-9-20(11(2)8-18-10)16-13(15(17)21)7-12-5-3-4-6-14(12)19-16/h3-7,10-11,18H,8-9H2,1-2H3,(H2,17,21). The minimum atomic E-state index is -0.429. The van der Waals surface area contributed by atoms with Gasteiger partial charge in [0.15, 0.2) is 0 Å². The number of carbonyl (C=O) groups is 1. The zero-order valence-electron chi connectivity index (χ0n) is 12.3. The monoisotopic (exact) mass is 284 g/mol. The van der Waals surface area contributed by atoms with E-state index in [-0.39, 0.29) is 6.04 Å². The van der Waals surface area contributed by atoms with Crippen molar-refractivity contribution in [2.75, 3.05) is 18.0 Å². The number of nitrogens with zero attached hydrogens (tertiary/aromatic N) is 2. The lowest BCUT2D eigenvalue weighted by Crippen LogP contribution is -2.55. The third-order valence-electron chi connectivity index (χ3n) is 4.01. The predicted octanol–water partition coefficient (Wildman–Crippen LogP) is 1.52. The van der Waals surface area contributed by atoms with Crippen molar-refractivity contribution in [1.29, 1.82) is 0 Å². The molecular weight excluding hydrogens is 264 g/mol. The molecule has 1 aliphatic rings. The molecule has 21 heavy (non-hydrogen) atoms. The Morgan fingerprint density at radius 2 is 2.14 bits per heavy atom. The van der Waals surface area contributed by atoms with Crippen molar-refractivity contribution < 1.29 is 4.79 Å². The number of pyridine rings is 1. The zero-order chi connectivity index (χ0) is 15.0. The van der Waals surface area contributed by atoms with Crippen molar-refractivity contribution in [3.8, 4) is 0 Å². The van der Waals surface area contributed by atoms with Crippen molar-refractivity contribution in [3.63, 3.8) is 0 Å². The summed E-state index contributed by atoms with van der Waals surface area (Å²) in [6, 6.07) is 10.3. The smallest absolute Gasteiger partial charge is 0.252 e. The number of primary amides is 1. The van der Waals surface area contributed by atoms with Gasteiger partial charge in [-0.15, -0.1) is 0 Å². The second-order valence-electron chi connectivity index (χ2n) is 5.73. The summed E-state index contributed by atoms with van der Waals surface area (Å²) >= 11 is 0. The number of hydrogen-bond donors (Lipinski definition) is 2. The van der Waals surface area contributed by atoms with E-state index in [1.54, 1.807) is 0 Å². The number of rotatable bonds is 2. The van der Waals surface area contributed by atoms with Crippen LogP contribution in [-0.4, -0.2) is 36.1 Å². The molecule has 1 aliphatic heterocycles. The van der Waals surface area contributed by atoms with Gasteiger partial charge in [-0.25, -0.2) is 4.98 Å². The number of para-hydroxylation sites is 1. The summed E-state index contributed by atoms with van der Waals surface area (Å²) in [7, 11) is 0. The van der Waals surface area contributed by atoms with Crippen molar-refractivity contribution >= 4 is 22.6 Å². The van der Waals surface area contributed by atoms with Crippen LogP contribution in [0.15, 0.2) is 30.3 Å². The number of fused-ring (bicyclic) bond motifs is 1. The molecule has 5 heteroatoms. The van der Waals surface area contributed by atoms with E-state index >= 15 is 0 Å². The van der Waals surface area contributed by atoms with Gasteiger partial charge in [-0.2, -0.15) is 0 Å². The van der Waals surface area contributed by atoms with Crippen LogP contribution in [0.3, 0.4) is 0 Å². The normalized spacial score (nSPS) is 22.5. The fourth-order valence-corrected chi connectivity index (χ4v) is 2.82. The van der Waals surface area contributed by atoms with E-state index in [0.717, 1.165) is 24.0 Å². The minimum absolute atomic E-state index is 0.271. The Hall–Kier alpha value is -2.14. The van der Waals surface area contributed by atoms with Gasteiger partial charge in [0.05, 0.1) is 11.1 Å². The summed E-state index contributed by atoms with van der Waals surface area (Å²) in [6.07, 6.45) is 0. The molecule has 0 radical (unpaired) electrons. The van der Waals surface area contributed by atoms with Crippen LogP contribution >= 0.6 is 0 Å². The molecule has 5 nitrogen and oxygen atoms in total. The first-order valence-electron chi connectivity index (χ1n) is 7.26. The lowest BCUT2D eigenvalue weighted by atomic mass is 10.1. The highest BCUT2D eigenvalue weighted by atomic mass is 16.1. The van der Waals surface area contributed by atoms with E-state index in [1.807, 2.05) is 30.3 Å². The number of benzene rings is 1. The molecule has 1 saturated heterocycles. The van der Waals surface area contributed by atoms with Crippen LogP contribution in [-0.2, 0) is 0 Å². The Labute approximate surface area is 124 Å². The average molecular weight is 284 g/mol. The van der Waals surface area contributed by atoms with Crippen molar-refractivity contribution in [1.82, 2.24) is 10.3 Å². The maximum Gasteiger partial charge on any atom is 0.252 e. The van der Waals surface area contributed by atoms with Gasteiger partial charge in [-0.1, -0.05) is 18.2 Å². The number of nitrogens with one attached hydrogen (secondary N) is 1. The van der Waals surface area contributed by atoms with Crippen molar-refractivity contribution in [2.24, 2.45) is 5.73 Å². The summed E-state index contributed by atoms with van der Waals surface area (Å²) in [6.45, 7) is 5.94. The van der Waals surface area contributed by atoms with E-state index in [9.17, 15) is 4.79 Å². The topological polar surface area (TPSA) is 71.2 Å². The number of nitrogens with two attached hydrogens (primary N) is 1. The van der Waals surface area contributed by atoms with Crippen molar-refractivity contribution in [2.45, 2.75) is 25.9 Å². The largest absolute Gasteiger partial charge is 0.365 e. The highest BCUT2D eigenvalue weighted by Gasteiger charge is 2.27. The maximum atomic E-state index is 11.8. The number of hydrogen-bond acceptors (Lipinski definition) is 4. The summed E-state index contributed by atoms with van der Waals surface area (Å²) in [4.78, 5) is 18.7. The van der Waals surface area contributed by atoms with Gasteiger partial charge in [-0.05, 0) is 26.0 Å². The Morgan fingerprint density at radius 1 is 1.38 bits per heavy atom. The average Bonchev–Trinajstić information content (AvgIpc) is 2.48. The molecule has 110 valence electrons. The molecule has 2 aromatic rings. The minimum Gasteiger partial charge on any atom is -0.365 e. The molecule has 0 bridgehead atoms. The Balaban J connectivity index is 2.15. The summed E-state index contributed by atoms with van der Waals surface area (Å²) < 4.78 is 0. The quantitative estimate of drug-likeness (QED) is 0.877. The van der Waals surface area contributed by atoms with Crippen LogP contribution in [0.4, 0.5) is 5.82 Å². The van der Waals surface area contributed by atoms with Gasteiger partial charge in [-0.3, -0.25) is 4.79 Å². The van der Waals surface area contributed by atoms with E-state index in [0.29, 0.717) is 17.4 Å². The highest BCUT2D eigenvalue weighted by Crippen LogP contribution is 2.26. The molecule has 1 fully saturated rings. The van der Waals surface area contributed by atoms with Gasteiger partial charge in [0.2, 0.25) is 0 Å². The molecule has 1 aromatic carbocycles. The Bertz CT molecular complexity index is 685. The third-order valence-corrected chi connectivity index (χ3v) is 4.01. The van der Waals surface area contributed by atoms with Gasteiger partial charge in [0.25, 0.3) is 5.91 Å². The van der Waals surface area contributed by atoms with E-state index in [1.165, 1.54) is 0 Å². The lowest BCUT2D eigenvalue weighted by Gasteiger charge is -2.39. The van der Waals surface area contributed by atoms with Crippen molar-refractivity contribution in [3.05, 3.63) is 35.9 Å². The maximum absolute atomic E-state index is 11.8. The van der Waals surface area contributed by atoms with E-state index in [2.05, 4.69) is 24.1 Å². The number of anilines is 1. The van der Waals surface area contributed by atoms with Crippen LogP contribution in [0.2, 0.25) is 0 Å². The first-order chi connectivity index (χ1) is 10.1. The van der Waals surface area contributed by atoms with Crippen LogP contribution in [0.5, 0.6) is 0 Å². The third kappa shape index (κ3) is 2.56. The van der Waals surface area contributed by atoms with Crippen LogP contribution < -0.4 is 16.0 Å².